The molecule has 0 amide bonds. The van der Waals surface area contributed by atoms with Crippen LogP contribution in [0.15, 0.2) is 0 Å². The smallest absolute Gasteiger partial charge is 0.190 e. The van der Waals surface area contributed by atoms with E-state index in [1.54, 1.807) is 0 Å². The van der Waals surface area contributed by atoms with Gasteiger partial charge < -0.3 is 9.53 Å². The third-order valence-corrected chi connectivity index (χ3v) is 0.611. The van der Waals surface area contributed by atoms with Crippen molar-refractivity contribution in [2.75, 3.05) is 13.2 Å². The molecule has 0 atom stereocenters. The van der Waals surface area contributed by atoms with E-state index in [1.165, 1.54) is 14.8 Å². The summed E-state index contributed by atoms with van der Waals surface area (Å²) in [6.45, 7) is 1.50. The molecule has 0 N–H and O–H groups in total. The summed E-state index contributed by atoms with van der Waals surface area (Å²) in [6, 6.07) is 0. The summed E-state index contributed by atoms with van der Waals surface area (Å²) in [6.07, 6.45) is 0. The van der Waals surface area contributed by atoms with Crippen LogP contribution in [-0.4, -0.2) is 32.5 Å². The lowest BCUT2D eigenvalue weighted by atomic mass is 10.1. The van der Waals surface area contributed by atoms with Gasteiger partial charge in [-0.3, -0.25) is 4.79 Å². The SMILES string of the molecule is BC(=O)COCC(C)=O. The maximum absolute atomic E-state index is 10.2. The zero-order chi connectivity index (χ0) is 7.28. The molecule has 0 heterocycles. The molecule has 0 aliphatic heterocycles. The molecule has 3 nitrogen and oxygen atoms in total. The molecule has 0 aliphatic carbocycles. The molecule has 0 spiro atoms. The van der Waals surface area contributed by atoms with Gasteiger partial charge in [0.1, 0.15) is 12.3 Å². The Morgan fingerprint density at radius 2 is 2.00 bits per heavy atom. The van der Waals surface area contributed by atoms with Gasteiger partial charge in [0, 0.05) is 0 Å². The predicted molar refractivity (Wildman–Crippen MR) is 35.1 cm³/mol. The zero-order valence-corrected chi connectivity index (χ0v) is 5.64. The molecule has 0 unspecified atom stereocenters. The molecule has 0 aromatic rings. The van der Waals surface area contributed by atoms with Crippen LogP contribution in [0.5, 0.6) is 0 Å². The van der Waals surface area contributed by atoms with Crippen LogP contribution < -0.4 is 0 Å². The number of carbonyl (C=O) groups excluding carboxylic acids is 2. The van der Waals surface area contributed by atoms with Gasteiger partial charge in [0.25, 0.3) is 0 Å². The Balaban J connectivity index is 3.10. The van der Waals surface area contributed by atoms with Crippen molar-refractivity contribution in [3.63, 3.8) is 0 Å². The largest absolute Gasteiger partial charge is 0.367 e. The van der Waals surface area contributed by atoms with Crippen molar-refractivity contribution < 1.29 is 14.3 Å². The van der Waals surface area contributed by atoms with Gasteiger partial charge in [-0.1, -0.05) is 0 Å². The molecule has 0 bridgehead atoms. The van der Waals surface area contributed by atoms with E-state index in [4.69, 9.17) is 0 Å². The average molecular weight is 128 g/mol. The highest BCUT2D eigenvalue weighted by atomic mass is 16.5. The molecular formula is C5H9BO3. The summed E-state index contributed by atoms with van der Waals surface area (Å²) < 4.78 is 4.66. The maximum Gasteiger partial charge on any atom is 0.190 e. The van der Waals surface area contributed by atoms with Crippen molar-refractivity contribution in [1.82, 2.24) is 0 Å². The summed E-state index contributed by atoms with van der Waals surface area (Å²) >= 11 is 0. The Hall–Kier alpha value is -0.635. The minimum absolute atomic E-state index is 0.0412. The van der Waals surface area contributed by atoms with E-state index in [1.807, 2.05) is 0 Å². The molecule has 0 aliphatic rings. The van der Waals surface area contributed by atoms with Gasteiger partial charge in [-0.05, 0) is 6.92 Å². The molecule has 0 saturated carbocycles. The lowest BCUT2D eigenvalue weighted by molar-refractivity contribution is -0.124. The standard InChI is InChI=1S/C5H9BO3/c1-4(7)2-9-3-5(6)8/h2-3,6H2,1H3. The molecule has 0 saturated heterocycles. The number of ether oxygens (including phenoxy) is 1. The number of carbonyl (C=O) groups is 2. The fourth-order valence-corrected chi connectivity index (χ4v) is 0.338. The summed E-state index contributed by atoms with van der Waals surface area (Å²) in [5, 5.41) is 0. The van der Waals surface area contributed by atoms with E-state index in [0.717, 1.165) is 0 Å². The second-order valence-corrected chi connectivity index (χ2v) is 1.90. The first-order valence-electron chi connectivity index (χ1n) is 2.69. The fraction of sp³-hybridized carbons (Fsp3) is 0.600. The van der Waals surface area contributed by atoms with E-state index < -0.39 is 0 Å². The third kappa shape index (κ3) is 7.36. The molecule has 0 radical (unpaired) electrons. The first-order valence-corrected chi connectivity index (χ1v) is 2.69. The van der Waals surface area contributed by atoms with Crippen molar-refractivity contribution in [1.29, 1.82) is 0 Å². The minimum atomic E-state index is -0.0590. The highest BCUT2D eigenvalue weighted by Gasteiger charge is 1.94. The van der Waals surface area contributed by atoms with Gasteiger partial charge in [-0.15, -0.1) is 0 Å². The summed E-state index contributed by atoms with van der Waals surface area (Å²) in [5.74, 6) is -0.0590. The number of hydrogen-bond acceptors (Lipinski definition) is 3. The molecule has 0 fully saturated rings. The van der Waals surface area contributed by atoms with E-state index in [0.29, 0.717) is 0 Å². The Kier molecular flexibility index (Phi) is 3.96. The molecule has 0 aromatic carbocycles. The summed E-state index contributed by atoms with van der Waals surface area (Å²) in [5.41, 5.74) is -0.0590. The van der Waals surface area contributed by atoms with Gasteiger partial charge in [-0.25, -0.2) is 0 Å². The normalized spacial score (nSPS) is 9.00. The van der Waals surface area contributed by atoms with Crippen LogP contribution in [0, 0.1) is 0 Å². The lowest BCUT2D eigenvalue weighted by Gasteiger charge is -1.95. The second-order valence-electron chi connectivity index (χ2n) is 1.90. The van der Waals surface area contributed by atoms with Crippen LogP contribution in [0.2, 0.25) is 0 Å². The average Bonchev–Trinajstić information content (AvgIpc) is 1.63. The number of rotatable bonds is 4. The fourth-order valence-electron chi connectivity index (χ4n) is 0.338. The minimum Gasteiger partial charge on any atom is -0.367 e. The van der Waals surface area contributed by atoms with Crippen molar-refractivity contribution in [3.05, 3.63) is 0 Å². The van der Waals surface area contributed by atoms with Crippen LogP contribution in [0.25, 0.3) is 0 Å². The van der Waals surface area contributed by atoms with Gasteiger partial charge in [0.2, 0.25) is 0 Å². The number of hydrogen-bond donors (Lipinski definition) is 0. The molecule has 0 aromatic heterocycles. The zero-order valence-electron chi connectivity index (χ0n) is 5.64. The topological polar surface area (TPSA) is 43.4 Å². The summed E-state index contributed by atoms with van der Waals surface area (Å²) in [4.78, 5) is 20.4. The Morgan fingerprint density at radius 1 is 1.44 bits per heavy atom. The monoisotopic (exact) mass is 128 g/mol. The highest BCUT2D eigenvalue weighted by Crippen LogP contribution is 1.74. The molecular weight excluding hydrogens is 119 g/mol. The predicted octanol–water partition coefficient (Wildman–Crippen LogP) is -1.25. The number of Topliss-reactive ketones (excluding diaryl/α,β-unsaturated/α-hetero) is 1. The van der Waals surface area contributed by atoms with Crippen LogP contribution >= 0.6 is 0 Å². The third-order valence-electron chi connectivity index (χ3n) is 0.611. The van der Waals surface area contributed by atoms with Gasteiger partial charge >= 0.3 is 0 Å². The molecule has 50 valence electrons. The van der Waals surface area contributed by atoms with Gasteiger partial charge in [-0.2, -0.15) is 0 Å². The van der Waals surface area contributed by atoms with Crippen molar-refractivity contribution in [2.24, 2.45) is 0 Å². The molecule has 4 heteroatoms. The highest BCUT2D eigenvalue weighted by molar-refractivity contribution is 6.58. The quantitative estimate of drug-likeness (QED) is 0.444. The van der Waals surface area contributed by atoms with E-state index in [9.17, 15) is 9.59 Å². The second kappa shape index (κ2) is 4.26. The first kappa shape index (κ1) is 8.36. The van der Waals surface area contributed by atoms with Gasteiger partial charge in [0.15, 0.2) is 13.6 Å². The van der Waals surface area contributed by atoms with Crippen LogP contribution in [-0.2, 0) is 14.3 Å². The number of ketones is 1. The molecule has 9 heavy (non-hydrogen) atoms. The van der Waals surface area contributed by atoms with Crippen LogP contribution in [0.1, 0.15) is 6.92 Å². The van der Waals surface area contributed by atoms with Crippen molar-refractivity contribution >= 4 is 19.3 Å². The van der Waals surface area contributed by atoms with Crippen LogP contribution in [0.3, 0.4) is 0 Å². The Bertz CT molecular complexity index is 107. The van der Waals surface area contributed by atoms with Crippen LogP contribution in [0.4, 0.5) is 0 Å². The Morgan fingerprint density at radius 3 is 2.33 bits per heavy atom. The maximum atomic E-state index is 10.2. The van der Waals surface area contributed by atoms with E-state index in [-0.39, 0.29) is 24.7 Å². The van der Waals surface area contributed by atoms with Crippen molar-refractivity contribution in [3.8, 4) is 0 Å². The van der Waals surface area contributed by atoms with Crippen molar-refractivity contribution in [2.45, 2.75) is 6.92 Å². The summed E-state index contributed by atoms with van der Waals surface area (Å²) in [7, 11) is 1.42. The Labute approximate surface area is 54.8 Å². The first-order chi connectivity index (χ1) is 4.13. The molecule has 0 rings (SSSR count). The lowest BCUT2D eigenvalue weighted by Crippen LogP contribution is -2.12. The van der Waals surface area contributed by atoms with Gasteiger partial charge in [0.05, 0.1) is 6.61 Å². The van der Waals surface area contributed by atoms with E-state index >= 15 is 0 Å². The van der Waals surface area contributed by atoms with E-state index in [2.05, 4.69) is 4.74 Å².